The summed E-state index contributed by atoms with van der Waals surface area (Å²) in [6.45, 7) is 6.67. The van der Waals surface area contributed by atoms with Crippen molar-refractivity contribution < 1.29 is 9.59 Å². The molecular formula is C23H31ClN4O2. The Morgan fingerprint density at radius 2 is 1.87 bits per heavy atom. The standard InChI is InChI=1S/C23H31ClN4O2/c1-23(2,3)20(22(30)25-4)27-21(29)19-17-8-6-5-7-13-28(17)18(26-19)14-15-9-11-16(24)12-10-15/h9-12,20H,5-8,13-14H2,1-4H3,(H,25,30)(H,27,29). The number of benzene rings is 1. The van der Waals surface area contributed by atoms with Gasteiger partial charge in [0.1, 0.15) is 17.6 Å². The molecule has 162 valence electrons. The van der Waals surface area contributed by atoms with E-state index >= 15 is 0 Å². The van der Waals surface area contributed by atoms with Crippen molar-refractivity contribution in [2.45, 2.75) is 65.5 Å². The second-order valence-corrected chi connectivity index (χ2v) is 9.41. The molecule has 1 aromatic heterocycles. The van der Waals surface area contributed by atoms with E-state index < -0.39 is 11.5 Å². The molecule has 1 aliphatic heterocycles. The predicted molar refractivity (Wildman–Crippen MR) is 119 cm³/mol. The van der Waals surface area contributed by atoms with Crippen molar-refractivity contribution in [2.75, 3.05) is 7.05 Å². The highest BCUT2D eigenvalue weighted by molar-refractivity contribution is 6.30. The maximum Gasteiger partial charge on any atom is 0.272 e. The van der Waals surface area contributed by atoms with Gasteiger partial charge in [0.25, 0.3) is 5.91 Å². The number of aromatic nitrogens is 2. The molecular weight excluding hydrogens is 400 g/mol. The van der Waals surface area contributed by atoms with E-state index in [1.54, 1.807) is 7.05 Å². The van der Waals surface area contributed by atoms with Crippen molar-refractivity contribution >= 4 is 23.4 Å². The molecule has 30 heavy (non-hydrogen) atoms. The summed E-state index contributed by atoms with van der Waals surface area (Å²) in [5.41, 5.74) is 2.09. The predicted octanol–water partition coefficient (Wildman–Crippen LogP) is 3.74. The number of carbonyl (C=O) groups is 2. The molecule has 6 nitrogen and oxygen atoms in total. The van der Waals surface area contributed by atoms with Crippen molar-refractivity contribution in [1.82, 2.24) is 20.2 Å². The van der Waals surface area contributed by atoms with Crippen LogP contribution in [0, 0.1) is 5.41 Å². The molecule has 0 saturated heterocycles. The Morgan fingerprint density at radius 3 is 2.50 bits per heavy atom. The Kier molecular flexibility index (Phi) is 6.86. The molecule has 1 atom stereocenters. The molecule has 1 aromatic carbocycles. The van der Waals surface area contributed by atoms with Gasteiger partial charge < -0.3 is 15.2 Å². The van der Waals surface area contributed by atoms with Gasteiger partial charge in [-0.3, -0.25) is 9.59 Å². The first-order chi connectivity index (χ1) is 14.2. The number of carbonyl (C=O) groups excluding carboxylic acids is 2. The van der Waals surface area contributed by atoms with Crippen LogP contribution >= 0.6 is 11.6 Å². The number of fused-ring (bicyclic) bond motifs is 1. The average Bonchev–Trinajstić information content (AvgIpc) is 2.87. The van der Waals surface area contributed by atoms with Crippen molar-refractivity contribution in [1.29, 1.82) is 0 Å². The van der Waals surface area contributed by atoms with Crippen LogP contribution < -0.4 is 10.6 Å². The number of nitrogens with one attached hydrogen (secondary N) is 2. The summed E-state index contributed by atoms with van der Waals surface area (Å²) >= 11 is 6.01. The highest BCUT2D eigenvalue weighted by Gasteiger charge is 2.34. The summed E-state index contributed by atoms with van der Waals surface area (Å²) in [7, 11) is 1.58. The normalized spacial score (nSPS) is 15.1. The maximum absolute atomic E-state index is 13.2. The van der Waals surface area contributed by atoms with Gasteiger partial charge in [0, 0.05) is 25.0 Å². The Morgan fingerprint density at radius 1 is 1.17 bits per heavy atom. The fraction of sp³-hybridized carbons (Fsp3) is 0.522. The number of nitrogens with zero attached hydrogens (tertiary/aromatic N) is 2. The lowest BCUT2D eigenvalue weighted by atomic mass is 9.86. The number of amides is 2. The molecule has 0 fully saturated rings. The highest BCUT2D eigenvalue weighted by atomic mass is 35.5. The highest BCUT2D eigenvalue weighted by Crippen LogP contribution is 2.24. The van der Waals surface area contributed by atoms with Gasteiger partial charge in [-0.1, -0.05) is 50.9 Å². The summed E-state index contributed by atoms with van der Waals surface area (Å²) in [6, 6.07) is 7.07. The van der Waals surface area contributed by atoms with Crippen LogP contribution in [0.3, 0.4) is 0 Å². The van der Waals surface area contributed by atoms with Crippen molar-refractivity contribution in [3.8, 4) is 0 Å². The van der Waals surface area contributed by atoms with Crippen LogP contribution in [0.1, 0.15) is 67.6 Å². The van der Waals surface area contributed by atoms with Gasteiger partial charge in [-0.2, -0.15) is 0 Å². The van der Waals surface area contributed by atoms with Crippen LogP contribution in [0.2, 0.25) is 5.02 Å². The van der Waals surface area contributed by atoms with E-state index in [1.807, 2.05) is 45.0 Å². The zero-order chi connectivity index (χ0) is 21.9. The number of hydrogen-bond acceptors (Lipinski definition) is 3. The number of imidazole rings is 1. The van der Waals surface area contributed by atoms with Crippen molar-refractivity contribution in [2.24, 2.45) is 5.41 Å². The summed E-state index contributed by atoms with van der Waals surface area (Å²) in [6.07, 6.45) is 4.68. The molecule has 7 heteroatoms. The van der Waals surface area contributed by atoms with E-state index in [-0.39, 0.29) is 11.8 Å². The van der Waals surface area contributed by atoms with Crippen molar-refractivity contribution in [3.05, 3.63) is 52.1 Å². The van der Waals surface area contributed by atoms with Crippen LogP contribution in [0.15, 0.2) is 24.3 Å². The third-order valence-electron chi connectivity index (χ3n) is 5.59. The lowest BCUT2D eigenvalue weighted by Crippen LogP contribution is -2.53. The number of halogens is 1. The third kappa shape index (κ3) is 5.04. The van der Waals surface area contributed by atoms with Crippen LogP contribution in [0.5, 0.6) is 0 Å². The summed E-state index contributed by atoms with van der Waals surface area (Å²) in [5.74, 6) is 0.390. The van der Waals surface area contributed by atoms with E-state index in [0.717, 1.165) is 49.3 Å². The molecule has 1 aliphatic rings. The van der Waals surface area contributed by atoms with Crippen LogP contribution in [-0.4, -0.2) is 34.5 Å². The molecule has 0 radical (unpaired) electrons. The smallest absolute Gasteiger partial charge is 0.272 e. The number of likely N-dealkylation sites (N-methyl/N-ethyl adjacent to an activating group) is 1. The van der Waals surface area contributed by atoms with Crippen molar-refractivity contribution in [3.63, 3.8) is 0 Å². The first-order valence-corrected chi connectivity index (χ1v) is 10.9. The van der Waals surface area contributed by atoms with Gasteiger partial charge in [0.05, 0.1) is 5.69 Å². The quantitative estimate of drug-likeness (QED) is 0.758. The van der Waals surface area contributed by atoms with Crippen LogP contribution in [0.25, 0.3) is 0 Å². The Bertz CT molecular complexity index is 913. The second kappa shape index (κ2) is 9.21. The Hall–Kier alpha value is -2.34. The van der Waals surface area contributed by atoms with Gasteiger partial charge in [0.15, 0.2) is 0 Å². The molecule has 2 heterocycles. The summed E-state index contributed by atoms with van der Waals surface area (Å²) in [5, 5.41) is 6.29. The first kappa shape index (κ1) is 22.3. The molecule has 0 aliphatic carbocycles. The summed E-state index contributed by atoms with van der Waals surface area (Å²) in [4.78, 5) is 30.4. The molecule has 2 aromatic rings. The average molecular weight is 431 g/mol. The monoisotopic (exact) mass is 430 g/mol. The minimum atomic E-state index is -0.641. The topological polar surface area (TPSA) is 76.0 Å². The van der Waals surface area contributed by atoms with Gasteiger partial charge in [-0.25, -0.2) is 4.98 Å². The molecule has 3 rings (SSSR count). The van der Waals surface area contributed by atoms with Gasteiger partial charge in [-0.05, 0) is 42.4 Å². The number of hydrogen-bond donors (Lipinski definition) is 2. The maximum atomic E-state index is 13.2. The van der Waals surface area contributed by atoms with Crippen LogP contribution in [-0.2, 0) is 24.2 Å². The van der Waals surface area contributed by atoms with E-state index in [0.29, 0.717) is 17.1 Å². The van der Waals surface area contributed by atoms with E-state index in [9.17, 15) is 9.59 Å². The number of rotatable bonds is 5. The Balaban J connectivity index is 1.93. The lowest BCUT2D eigenvalue weighted by molar-refractivity contribution is -0.124. The van der Waals surface area contributed by atoms with Gasteiger partial charge >= 0.3 is 0 Å². The Labute approximate surface area is 183 Å². The minimum Gasteiger partial charge on any atom is -0.357 e. The third-order valence-corrected chi connectivity index (χ3v) is 5.84. The largest absolute Gasteiger partial charge is 0.357 e. The second-order valence-electron chi connectivity index (χ2n) is 8.98. The molecule has 0 spiro atoms. The lowest BCUT2D eigenvalue weighted by Gasteiger charge is -2.29. The zero-order valence-electron chi connectivity index (χ0n) is 18.2. The fourth-order valence-electron chi connectivity index (χ4n) is 3.91. The van der Waals surface area contributed by atoms with E-state index in [2.05, 4.69) is 15.2 Å². The fourth-order valence-corrected chi connectivity index (χ4v) is 4.04. The minimum absolute atomic E-state index is 0.206. The SMILES string of the molecule is CNC(=O)C(NC(=O)c1nc(Cc2ccc(Cl)cc2)n2c1CCCCC2)C(C)(C)C. The van der Waals surface area contributed by atoms with Crippen LogP contribution in [0.4, 0.5) is 0 Å². The van der Waals surface area contributed by atoms with E-state index in [1.165, 1.54) is 0 Å². The zero-order valence-corrected chi connectivity index (χ0v) is 19.0. The molecule has 2 amide bonds. The molecule has 1 unspecified atom stereocenters. The molecule has 0 saturated carbocycles. The van der Waals surface area contributed by atoms with E-state index in [4.69, 9.17) is 16.6 Å². The van der Waals surface area contributed by atoms with Gasteiger partial charge in [0.2, 0.25) is 5.91 Å². The first-order valence-electron chi connectivity index (χ1n) is 10.6. The summed E-state index contributed by atoms with van der Waals surface area (Å²) < 4.78 is 2.20. The molecule has 0 bridgehead atoms. The molecule has 2 N–H and O–H groups in total. The van der Waals surface area contributed by atoms with Gasteiger partial charge in [-0.15, -0.1) is 0 Å².